The third-order valence-corrected chi connectivity index (χ3v) is 2.99. The van der Waals surface area contributed by atoms with Crippen molar-refractivity contribution < 1.29 is 23.0 Å². The molecule has 1 saturated heterocycles. The lowest BCUT2D eigenvalue weighted by atomic mass is 10.2. The zero-order chi connectivity index (χ0) is 12.2. The van der Waals surface area contributed by atoms with Gasteiger partial charge in [0.2, 0.25) is 0 Å². The van der Waals surface area contributed by atoms with Gasteiger partial charge in [-0.1, -0.05) is 0 Å². The predicted octanol–water partition coefficient (Wildman–Crippen LogP) is 1.32. The van der Waals surface area contributed by atoms with Crippen LogP contribution in [0.5, 0.6) is 0 Å². The molecule has 3 nitrogen and oxygen atoms in total. The summed E-state index contributed by atoms with van der Waals surface area (Å²) in [5.41, 5.74) is -4.16. The summed E-state index contributed by atoms with van der Waals surface area (Å²) >= 11 is -0.00771. The molecule has 0 bridgehead atoms. The van der Waals surface area contributed by atoms with Crippen LogP contribution in [-0.4, -0.2) is 59.7 Å². The van der Waals surface area contributed by atoms with E-state index in [1.54, 1.807) is 0 Å². The molecule has 0 aromatic carbocycles. The number of alkyl halides is 3. The Morgan fingerprint density at radius 1 is 1.44 bits per heavy atom. The number of aliphatic hydroxyl groups excluding tert-OH is 1. The summed E-state index contributed by atoms with van der Waals surface area (Å²) in [5.74, 6) is 0.0222. The number of morpholine rings is 1. The van der Waals surface area contributed by atoms with Crippen molar-refractivity contribution in [2.45, 2.75) is 24.6 Å². The maximum absolute atomic E-state index is 11.9. The van der Waals surface area contributed by atoms with E-state index in [9.17, 15) is 13.2 Å². The summed E-state index contributed by atoms with van der Waals surface area (Å²) in [7, 11) is 0. The molecule has 0 spiro atoms. The van der Waals surface area contributed by atoms with Crippen LogP contribution in [-0.2, 0) is 4.74 Å². The molecule has 2 unspecified atom stereocenters. The minimum absolute atomic E-state index is 0.00771. The monoisotopic (exact) mass is 259 g/mol. The van der Waals surface area contributed by atoms with Crippen LogP contribution in [0, 0.1) is 0 Å². The molecule has 0 aromatic rings. The number of hydrogen-bond acceptors (Lipinski definition) is 4. The van der Waals surface area contributed by atoms with Gasteiger partial charge in [0.25, 0.3) is 0 Å². The number of hydrogen-bond donors (Lipinski definition) is 1. The number of nitrogens with zero attached hydrogens (tertiary/aromatic N) is 1. The first kappa shape index (κ1) is 14.1. The molecule has 0 radical (unpaired) electrons. The van der Waals surface area contributed by atoms with Crippen molar-refractivity contribution in [1.29, 1.82) is 0 Å². The topological polar surface area (TPSA) is 32.7 Å². The molecule has 7 heteroatoms. The smallest absolute Gasteiger partial charge is 0.394 e. The highest BCUT2D eigenvalue weighted by Gasteiger charge is 2.29. The Balaban J connectivity index is 2.26. The molecule has 1 N–H and O–H groups in total. The van der Waals surface area contributed by atoms with E-state index >= 15 is 0 Å². The molecule has 1 heterocycles. The Kier molecular flexibility index (Phi) is 5.36. The molecule has 1 fully saturated rings. The molecule has 1 aliphatic rings. The van der Waals surface area contributed by atoms with Crippen molar-refractivity contribution in [3.63, 3.8) is 0 Å². The second-order valence-corrected chi connectivity index (χ2v) is 4.96. The molecule has 96 valence electrons. The minimum Gasteiger partial charge on any atom is -0.394 e. The van der Waals surface area contributed by atoms with Crippen molar-refractivity contribution in [3.05, 3.63) is 0 Å². The van der Waals surface area contributed by atoms with Crippen molar-refractivity contribution >= 4 is 11.8 Å². The average molecular weight is 259 g/mol. The highest BCUT2D eigenvalue weighted by molar-refractivity contribution is 8.00. The molecule has 0 amide bonds. The van der Waals surface area contributed by atoms with E-state index in [-0.39, 0.29) is 36.3 Å². The lowest BCUT2D eigenvalue weighted by molar-refractivity contribution is -0.0937. The van der Waals surface area contributed by atoms with Crippen LogP contribution in [0.25, 0.3) is 0 Å². The van der Waals surface area contributed by atoms with Crippen molar-refractivity contribution in [3.8, 4) is 0 Å². The molecule has 2 atom stereocenters. The van der Waals surface area contributed by atoms with Crippen LogP contribution < -0.4 is 0 Å². The largest absolute Gasteiger partial charge is 0.441 e. The Morgan fingerprint density at radius 3 is 2.69 bits per heavy atom. The summed E-state index contributed by atoms with van der Waals surface area (Å²) in [4.78, 5) is 1.90. The standard InChI is InChI=1S/C9H16F3NO2S/c1-7-4-13(5-8(6-14)15-7)2-3-16-9(10,11)12/h7-8,14H,2-6H2,1H3. The Morgan fingerprint density at radius 2 is 2.12 bits per heavy atom. The van der Waals surface area contributed by atoms with Gasteiger partial charge in [0, 0.05) is 25.4 Å². The molecule has 1 rings (SSSR count). The van der Waals surface area contributed by atoms with Crippen LogP contribution in [0.3, 0.4) is 0 Å². The van der Waals surface area contributed by atoms with E-state index in [4.69, 9.17) is 9.84 Å². The fourth-order valence-corrected chi connectivity index (χ4v) is 2.30. The summed E-state index contributed by atoms with van der Waals surface area (Å²) < 4.78 is 41.1. The van der Waals surface area contributed by atoms with Gasteiger partial charge in [0.1, 0.15) is 0 Å². The second-order valence-electron chi connectivity index (χ2n) is 3.81. The fourth-order valence-electron chi connectivity index (χ4n) is 1.71. The van der Waals surface area contributed by atoms with Crippen LogP contribution in [0.2, 0.25) is 0 Å². The molecule has 0 aliphatic carbocycles. The minimum atomic E-state index is -4.16. The highest BCUT2D eigenvalue weighted by Crippen LogP contribution is 2.30. The van der Waals surface area contributed by atoms with Crippen molar-refractivity contribution in [2.24, 2.45) is 0 Å². The first-order chi connectivity index (χ1) is 7.40. The predicted molar refractivity (Wildman–Crippen MR) is 56.4 cm³/mol. The first-order valence-corrected chi connectivity index (χ1v) is 6.08. The van der Waals surface area contributed by atoms with Gasteiger partial charge in [-0.2, -0.15) is 13.2 Å². The highest BCUT2D eigenvalue weighted by atomic mass is 32.2. The molecule has 16 heavy (non-hydrogen) atoms. The van der Waals surface area contributed by atoms with E-state index in [0.717, 1.165) is 0 Å². The fraction of sp³-hybridized carbons (Fsp3) is 1.00. The van der Waals surface area contributed by atoms with Gasteiger partial charge in [0.05, 0.1) is 18.8 Å². The molecular formula is C9H16F3NO2S. The van der Waals surface area contributed by atoms with E-state index in [1.807, 2.05) is 11.8 Å². The van der Waals surface area contributed by atoms with Crippen molar-refractivity contribution in [2.75, 3.05) is 32.0 Å². The first-order valence-electron chi connectivity index (χ1n) is 5.10. The molecule has 0 saturated carbocycles. The van der Waals surface area contributed by atoms with Gasteiger partial charge in [-0.15, -0.1) is 0 Å². The van der Waals surface area contributed by atoms with Crippen LogP contribution in [0.15, 0.2) is 0 Å². The van der Waals surface area contributed by atoms with Gasteiger partial charge < -0.3 is 9.84 Å². The van der Waals surface area contributed by atoms with Gasteiger partial charge in [-0.05, 0) is 18.7 Å². The Bertz CT molecular complexity index is 215. The SMILES string of the molecule is CC1CN(CCSC(F)(F)F)CC(CO)O1. The Hall–Kier alpha value is 0.0200. The number of rotatable bonds is 4. The number of aliphatic hydroxyl groups is 1. The Labute approximate surface area is 96.9 Å². The van der Waals surface area contributed by atoms with E-state index in [1.165, 1.54) is 0 Å². The van der Waals surface area contributed by atoms with Crippen LogP contribution in [0.4, 0.5) is 13.2 Å². The van der Waals surface area contributed by atoms with E-state index in [2.05, 4.69) is 0 Å². The summed E-state index contributed by atoms with van der Waals surface area (Å²) in [6.45, 7) is 3.25. The third kappa shape index (κ3) is 5.38. The van der Waals surface area contributed by atoms with Crippen LogP contribution >= 0.6 is 11.8 Å². The van der Waals surface area contributed by atoms with Crippen LogP contribution in [0.1, 0.15) is 6.92 Å². The quantitative estimate of drug-likeness (QED) is 0.825. The lowest BCUT2D eigenvalue weighted by Crippen LogP contribution is -2.48. The second kappa shape index (κ2) is 6.09. The lowest BCUT2D eigenvalue weighted by Gasteiger charge is -2.35. The van der Waals surface area contributed by atoms with Gasteiger partial charge in [0.15, 0.2) is 0 Å². The molecular weight excluding hydrogens is 243 g/mol. The van der Waals surface area contributed by atoms with Crippen molar-refractivity contribution in [1.82, 2.24) is 4.90 Å². The number of halogens is 3. The normalized spacial score (nSPS) is 28.3. The maximum atomic E-state index is 11.9. The summed E-state index contributed by atoms with van der Waals surface area (Å²) in [5, 5.41) is 8.94. The zero-order valence-electron chi connectivity index (χ0n) is 9.04. The zero-order valence-corrected chi connectivity index (χ0v) is 9.85. The third-order valence-electron chi connectivity index (χ3n) is 2.28. The maximum Gasteiger partial charge on any atom is 0.441 e. The van der Waals surface area contributed by atoms with Gasteiger partial charge >= 0.3 is 5.51 Å². The summed E-state index contributed by atoms with van der Waals surface area (Å²) in [6.07, 6.45) is -0.318. The van der Waals surface area contributed by atoms with E-state index in [0.29, 0.717) is 19.6 Å². The average Bonchev–Trinajstić information content (AvgIpc) is 2.14. The molecule has 1 aliphatic heterocycles. The number of thioether (sulfide) groups is 1. The van der Waals surface area contributed by atoms with E-state index < -0.39 is 5.51 Å². The van der Waals surface area contributed by atoms with Gasteiger partial charge in [-0.25, -0.2) is 0 Å². The summed E-state index contributed by atoms with van der Waals surface area (Å²) in [6, 6.07) is 0. The molecule has 0 aromatic heterocycles. The van der Waals surface area contributed by atoms with Gasteiger partial charge in [-0.3, -0.25) is 4.90 Å². The number of ether oxygens (including phenoxy) is 1.